The van der Waals surface area contributed by atoms with Crippen LogP contribution in [0, 0.1) is 0 Å². The summed E-state index contributed by atoms with van der Waals surface area (Å²) in [5.74, 6) is -1.75. The topological polar surface area (TPSA) is 107 Å². The largest absolute Gasteiger partial charge is 0.461 e. The summed E-state index contributed by atoms with van der Waals surface area (Å²) < 4.78 is 6.90. The zero-order valence-electron chi connectivity index (χ0n) is 14.1. The van der Waals surface area contributed by atoms with E-state index in [4.69, 9.17) is 4.74 Å². The number of hydrogen-bond acceptors (Lipinski definition) is 6. The molecule has 1 aromatic carbocycles. The third-order valence-electron chi connectivity index (χ3n) is 3.23. The Morgan fingerprint density at radius 2 is 2.08 bits per heavy atom. The van der Waals surface area contributed by atoms with E-state index in [-0.39, 0.29) is 35.9 Å². The lowest BCUT2D eigenvalue weighted by Gasteiger charge is -2.09. The van der Waals surface area contributed by atoms with Crippen molar-refractivity contribution < 1.29 is 23.9 Å². The van der Waals surface area contributed by atoms with Gasteiger partial charge in [0.2, 0.25) is 5.91 Å². The van der Waals surface area contributed by atoms with Gasteiger partial charge in [0.25, 0.3) is 0 Å². The van der Waals surface area contributed by atoms with Gasteiger partial charge in [-0.2, -0.15) is 5.10 Å². The lowest BCUT2D eigenvalue weighted by molar-refractivity contribution is -0.124. The summed E-state index contributed by atoms with van der Waals surface area (Å²) in [5.41, 5.74) is 0.149. The fourth-order valence-electron chi connectivity index (χ4n) is 2.21. The van der Waals surface area contributed by atoms with Gasteiger partial charge in [0.05, 0.1) is 24.3 Å². The van der Waals surface area contributed by atoms with Crippen molar-refractivity contribution in [2.75, 3.05) is 11.9 Å². The molecule has 2 aromatic rings. The van der Waals surface area contributed by atoms with E-state index >= 15 is 0 Å². The van der Waals surface area contributed by atoms with E-state index in [1.54, 1.807) is 31.2 Å². The Morgan fingerprint density at radius 1 is 1.35 bits per heavy atom. The van der Waals surface area contributed by atoms with Crippen molar-refractivity contribution >= 4 is 45.7 Å². The predicted molar refractivity (Wildman–Crippen MR) is 96.5 cm³/mol. The van der Waals surface area contributed by atoms with Gasteiger partial charge in [-0.3, -0.25) is 14.4 Å². The number of benzene rings is 1. The Hall–Kier alpha value is -2.81. The van der Waals surface area contributed by atoms with Crippen molar-refractivity contribution in [2.45, 2.75) is 20.3 Å². The van der Waals surface area contributed by atoms with E-state index in [1.807, 2.05) is 0 Å². The van der Waals surface area contributed by atoms with Crippen LogP contribution in [-0.2, 0) is 14.3 Å². The Balaban J connectivity index is 2.60. The molecule has 136 valence electrons. The van der Waals surface area contributed by atoms with Gasteiger partial charge in [0, 0.05) is 4.47 Å². The zero-order valence-corrected chi connectivity index (χ0v) is 15.7. The Labute approximate surface area is 157 Å². The summed E-state index contributed by atoms with van der Waals surface area (Å²) in [6.07, 6.45) is 0.0494. The molecule has 1 N–H and O–H groups in total. The van der Waals surface area contributed by atoms with Crippen LogP contribution in [0.2, 0.25) is 0 Å². The molecule has 8 nitrogen and oxygen atoms in total. The van der Waals surface area contributed by atoms with Gasteiger partial charge in [0.15, 0.2) is 12.0 Å². The number of halogens is 1. The lowest BCUT2D eigenvalue weighted by Crippen LogP contribution is -2.18. The number of ketones is 1. The van der Waals surface area contributed by atoms with Crippen LogP contribution in [0.4, 0.5) is 5.82 Å². The molecule has 0 bridgehead atoms. The molecule has 1 heterocycles. The number of esters is 1. The number of carbonyl (C=O) groups is 4. The number of ether oxygens (including phenoxy) is 1. The second kappa shape index (κ2) is 8.52. The minimum absolute atomic E-state index is 0.00703. The molecule has 1 aromatic heterocycles. The summed E-state index contributed by atoms with van der Waals surface area (Å²) in [6, 6.07) is 6.89. The highest BCUT2D eigenvalue weighted by molar-refractivity contribution is 9.10. The van der Waals surface area contributed by atoms with Crippen LogP contribution in [0.3, 0.4) is 0 Å². The van der Waals surface area contributed by atoms with E-state index in [1.165, 1.54) is 11.6 Å². The standard InChI is InChI=1S/C17H16BrN3O5/c1-3-26-17(25)15-13(9-22)16(19-14(24)7-10(2)23)21(20-15)12-6-4-5-11(18)8-12/h4-6,8-9H,3,7H2,1-2H3,(H,19,24). The average molecular weight is 422 g/mol. The molecule has 9 heteroatoms. The summed E-state index contributed by atoms with van der Waals surface area (Å²) in [5, 5.41) is 6.62. The van der Waals surface area contributed by atoms with Crippen LogP contribution in [-0.4, -0.2) is 40.3 Å². The Morgan fingerprint density at radius 3 is 2.65 bits per heavy atom. The van der Waals surface area contributed by atoms with Crippen LogP contribution < -0.4 is 5.32 Å². The fraction of sp³-hybridized carbons (Fsp3) is 0.235. The molecule has 0 fully saturated rings. The Kier molecular flexibility index (Phi) is 6.40. The number of aldehydes is 1. The molecule has 0 saturated heterocycles. The van der Waals surface area contributed by atoms with Crippen LogP contribution in [0.1, 0.15) is 41.1 Å². The maximum atomic E-state index is 12.1. The Bertz CT molecular complexity index is 875. The number of rotatable bonds is 7. The van der Waals surface area contributed by atoms with Gasteiger partial charge in [0.1, 0.15) is 11.6 Å². The molecule has 0 aliphatic rings. The number of aromatic nitrogens is 2. The fourth-order valence-corrected chi connectivity index (χ4v) is 2.60. The smallest absolute Gasteiger partial charge is 0.359 e. The van der Waals surface area contributed by atoms with Gasteiger partial charge < -0.3 is 10.1 Å². The molecule has 0 aliphatic heterocycles. The van der Waals surface area contributed by atoms with Crippen LogP contribution in [0.15, 0.2) is 28.7 Å². The highest BCUT2D eigenvalue weighted by Crippen LogP contribution is 2.25. The average Bonchev–Trinajstić information content (AvgIpc) is 2.92. The molecule has 0 saturated carbocycles. The quantitative estimate of drug-likeness (QED) is 0.418. The van der Waals surface area contributed by atoms with E-state index in [2.05, 4.69) is 26.3 Å². The first-order chi connectivity index (χ1) is 12.4. The number of carbonyl (C=O) groups excluding carboxylic acids is 4. The van der Waals surface area contributed by atoms with Crippen LogP contribution in [0.25, 0.3) is 5.69 Å². The SMILES string of the molecule is CCOC(=O)c1nn(-c2cccc(Br)c2)c(NC(=O)CC(C)=O)c1C=O. The first-order valence-electron chi connectivity index (χ1n) is 7.67. The van der Waals surface area contributed by atoms with Crippen molar-refractivity contribution in [3.63, 3.8) is 0 Å². The normalized spacial score (nSPS) is 10.3. The number of hydrogen-bond donors (Lipinski definition) is 1. The molecular weight excluding hydrogens is 406 g/mol. The van der Waals surface area contributed by atoms with Gasteiger partial charge in [-0.25, -0.2) is 9.48 Å². The molecule has 0 unspecified atom stereocenters. The zero-order chi connectivity index (χ0) is 19.3. The molecule has 1 amide bonds. The van der Waals surface area contributed by atoms with Crippen molar-refractivity contribution in [3.05, 3.63) is 40.0 Å². The predicted octanol–water partition coefficient (Wildman–Crippen LogP) is 2.54. The minimum Gasteiger partial charge on any atom is -0.461 e. The van der Waals surface area contributed by atoms with E-state index in [9.17, 15) is 19.2 Å². The molecular formula is C17H16BrN3O5. The molecule has 2 rings (SSSR count). The third-order valence-corrected chi connectivity index (χ3v) is 3.72. The number of amides is 1. The minimum atomic E-state index is -0.787. The second-order valence-corrected chi connectivity index (χ2v) is 6.18. The van der Waals surface area contributed by atoms with E-state index in [0.29, 0.717) is 12.0 Å². The van der Waals surface area contributed by atoms with Crippen molar-refractivity contribution in [3.8, 4) is 5.69 Å². The number of nitrogens with one attached hydrogen (secondary N) is 1. The summed E-state index contributed by atoms with van der Waals surface area (Å²) in [6.45, 7) is 3.00. The third kappa shape index (κ3) is 4.42. The van der Waals surface area contributed by atoms with E-state index < -0.39 is 11.9 Å². The number of anilines is 1. The monoisotopic (exact) mass is 421 g/mol. The maximum Gasteiger partial charge on any atom is 0.359 e. The molecule has 0 spiro atoms. The number of nitrogens with zero attached hydrogens (tertiary/aromatic N) is 2. The summed E-state index contributed by atoms with van der Waals surface area (Å²) >= 11 is 3.33. The summed E-state index contributed by atoms with van der Waals surface area (Å²) in [7, 11) is 0. The van der Waals surface area contributed by atoms with E-state index in [0.717, 1.165) is 4.47 Å². The number of Topliss-reactive ketones (excluding diaryl/α,β-unsaturated/α-hetero) is 1. The van der Waals surface area contributed by atoms with Crippen molar-refractivity contribution in [1.29, 1.82) is 0 Å². The first-order valence-corrected chi connectivity index (χ1v) is 8.47. The highest BCUT2D eigenvalue weighted by atomic mass is 79.9. The highest BCUT2D eigenvalue weighted by Gasteiger charge is 2.26. The molecule has 0 radical (unpaired) electrons. The summed E-state index contributed by atoms with van der Waals surface area (Å²) in [4.78, 5) is 46.9. The second-order valence-electron chi connectivity index (χ2n) is 5.27. The van der Waals surface area contributed by atoms with Gasteiger partial charge in [-0.1, -0.05) is 22.0 Å². The van der Waals surface area contributed by atoms with Gasteiger partial charge in [-0.15, -0.1) is 0 Å². The first kappa shape index (κ1) is 19.5. The molecule has 0 aliphatic carbocycles. The van der Waals surface area contributed by atoms with Crippen molar-refractivity contribution in [1.82, 2.24) is 9.78 Å². The van der Waals surface area contributed by atoms with Crippen molar-refractivity contribution in [2.24, 2.45) is 0 Å². The molecule has 0 atom stereocenters. The van der Waals surface area contributed by atoms with Gasteiger partial charge >= 0.3 is 5.97 Å². The van der Waals surface area contributed by atoms with Crippen LogP contribution in [0.5, 0.6) is 0 Å². The van der Waals surface area contributed by atoms with Gasteiger partial charge in [-0.05, 0) is 32.0 Å². The molecule has 26 heavy (non-hydrogen) atoms. The van der Waals surface area contributed by atoms with Crippen LogP contribution >= 0.6 is 15.9 Å². The maximum absolute atomic E-state index is 12.1. The lowest BCUT2D eigenvalue weighted by atomic mass is 10.2.